The Hall–Kier alpha value is -4.17. The van der Waals surface area contributed by atoms with Gasteiger partial charge in [0.2, 0.25) is 11.8 Å². The Bertz CT molecular complexity index is 1180. The maximum absolute atomic E-state index is 13.0. The summed E-state index contributed by atoms with van der Waals surface area (Å²) in [6.45, 7) is -0.0431. The zero-order chi connectivity index (χ0) is 24.1. The van der Waals surface area contributed by atoms with Crippen LogP contribution in [0.2, 0.25) is 0 Å². The number of rotatable bonds is 8. The van der Waals surface area contributed by atoms with Crippen LogP contribution in [0, 0.1) is 0 Å². The summed E-state index contributed by atoms with van der Waals surface area (Å²) in [6.07, 6.45) is 0.00401. The summed E-state index contributed by atoms with van der Waals surface area (Å²) in [4.78, 5) is 40.9. The van der Waals surface area contributed by atoms with E-state index >= 15 is 0 Å². The van der Waals surface area contributed by atoms with Gasteiger partial charge in [-0.05, 0) is 55.6 Å². The van der Waals surface area contributed by atoms with E-state index in [0.29, 0.717) is 28.6 Å². The van der Waals surface area contributed by atoms with Crippen molar-refractivity contribution >= 4 is 29.1 Å². The van der Waals surface area contributed by atoms with Crippen LogP contribution in [0.25, 0.3) is 0 Å². The predicted octanol–water partition coefficient (Wildman–Crippen LogP) is 3.69. The van der Waals surface area contributed by atoms with E-state index in [-0.39, 0.29) is 30.7 Å². The SMILES string of the molecule is COc1cccc(NC(=O)CN(C)C2CC(=O)N(c3ccc(Oc4ccccc4)cc3)C2=O)c1. The van der Waals surface area contributed by atoms with Crippen molar-refractivity contribution in [3.63, 3.8) is 0 Å². The number of nitrogens with one attached hydrogen (secondary N) is 1. The van der Waals surface area contributed by atoms with Crippen molar-refractivity contribution in [1.82, 2.24) is 4.90 Å². The Morgan fingerprint density at radius 3 is 2.35 bits per heavy atom. The van der Waals surface area contributed by atoms with Gasteiger partial charge in [-0.2, -0.15) is 0 Å². The fourth-order valence-electron chi connectivity index (χ4n) is 3.76. The first-order valence-corrected chi connectivity index (χ1v) is 10.8. The van der Waals surface area contributed by atoms with Crippen LogP contribution in [0.3, 0.4) is 0 Å². The molecule has 0 aromatic heterocycles. The van der Waals surface area contributed by atoms with E-state index < -0.39 is 6.04 Å². The Kier molecular flexibility index (Phi) is 6.89. The Morgan fingerprint density at radius 2 is 1.65 bits per heavy atom. The molecule has 0 radical (unpaired) electrons. The van der Waals surface area contributed by atoms with Crippen LogP contribution in [-0.4, -0.2) is 49.4 Å². The Labute approximate surface area is 197 Å². The zero-order valence-corrected chi connectivity index (χ0v) is 18.9. The first-order chi connectivity index (χ1) is 16.4. The zero-order valence-electron chi connectivity index (χ0n) is 18.9. The summed E-state index contributed by atoms with van der Waals surface area (Å²) < 4.78 is 10.9. The lowest BCUT2D eigenvalue weighted by Crippen LogP contribution is -2.43. The van der Waals surface area contributed by atoms with E-state index in [1.54, 1.807) is 67.6 Å². The highest BCUT2D eigenvalue weighted by Crippen LogP contribution is 2.29. The molecule has 0 spiro atoms. The lowest BCUT2D eigenvalue weighted by atomic mass is 10.2. The van der Waals surface area contributed by atoms with Gasteiger partial charge >= 0.3 is 0 Å². The van der Waals surface area contributed by atoms with Gasteiger partial charge in [0, 0.05) is 11.8 Å². The number of para-hydroxylation sites is 1. The minimum atomic E-state index is -0.719. The van der Waals surface area contributed by atoms with Crippen molar-refractivity contribution < 1.29 is 23.9 Å². The maximum atomic E-state index is 13.0. The van der Waals surface area contributed by atoms with Crippen molar-refractivity contribution in [1.29, 1.82) is 0 Å². The van der Waals surface area contributed by atoms with Gasteiger partial charge in [0.25, 0.3) is 5.91 Å². The molecule has 0 bridgehead atoms. The molecule has 8 heteroatoms. The molecule has 8 nitrogen and oxygen atoms in total. The second-order valence-electron chi connectivity index (χ2n) is 7.89. The molecular weight excluding hydrogens is 434 g/mol. The summed E-state index contributed by atoms with van der Waals surface area (Å²) in [6, 6.07) is 22.4. The van der Waals surface area contributed by atoms with Crippen molar-refractivity contribution in [2.24, 2.45) is 0 Å². The highest BCUT2D eigenvalue weighted by atomic mass is 16.5. The molecule has 1 atom stereocenters. The number of carbonyl (C=O) groups is 3. The quantitative estimate of drug-likeness (QED) is 0.517. The Morgan fingerprint density at radius 1 is 0.971 bits per heavy atom. The van der Waals surface area contributed by atoms with Gasteiger partial charge < -0.3 is 14.8 Å². The van der Waals surface area contributed by atoms with Crippen LogP contribution < -0.4 is 19.7 Å². The monoisotopic (exact) mass is 459 g/mol. The number of nitrogens with zero attached hydrogens (tertiary/aromatic N) is 2. The number of benzene rings is 3. The molecule has 1 aliphatic rings. The van der Waals surface area contributed by atoms with Gasteiger partial charge in [0.05, 0.1) is 31.8 Å². The number of anilines is 2. The summed E-state index contributed by atoms with van der Waals surface area (Å²) in [7, 11) is 3.20. The van der Waals surface area contributed by atoms with Gasteiger partial charge in [-0.25, -0.2) is 4.90 Å². The minimum Gasteiger partial charge on any atom is -0.497 e. The summed E-state index contributed by atoms with van der Waals surface area (Å²) in [5.41, 5.74) is 1.05. The highest BCUT2D eigenvalue weighted by molar-refractivity contribution is 6.22. The molecular formula is C26H25N3O5. The van der Waals surface area contributed by atoms with Crippen molar-refractivity contribution in [3.05, 3.63) is 78.9 Å². The molecule has 1 heterocycles. The predicted molar refractivity (Wildman–Crippen MR) is 128 cm³/mol. The summed E-state index contributed by atoms with van der Waals surface area (Å²) in [5, 5.41) is 2.78. The van der Waals surface area contributed by atoms with Gasteiger partial charge in [-0.15, -0.1) is 0 Å². The number of amides is 3. The number of carbonyl (C=O) groups excluding carboxylic acids is 3. The van der Waals surface area contributed by atoms with E-state index in [1.165, 1.54) is 0 Å². The van der Waals surface area contributed by atoms with Crippen LogP contribution >= 0.6 is 0 Å². The van der Waals surface area contributed by atoms with Crippen LogP contribution in [0.1, 0.15) is 6.42 Å². The summed E-state index contributed by atoms with van der Waals surface area (Å²) in [5.74, 6) is 0.940. The average Bonchev–Trinajstić information content (AvgIpc) is 3.14. The minimum absolute atomic E-state index is 0.00401. The van der Waals surface area contributed by atoms with Gasteiger partial charge in [0.1, 0.15) is 17.2 Å². The number of hydrogen-bond donors (Lipinski definition) is 1. The summed E-state index contributed by atoms with van der Waals surface area (Å²) >= 11 is 0. The topological polar surface area (TPSA) is 88.2 Å². The molecule has 1 N–H and O–H groups in total. The molecule has 34 heavy (non-hydrogen) atoms. The van der Waals surface area contributed by atoms with E-state index in [2.05, 4.69) is 5.32 Å². The standard InChI is InChI=1S/C26H25N3O5/c1-28(17-24(30)27-18-7-6-10-22(15-18)33-2)23-16-25(31)29(26(23)32)19-11-13-21(14-12-19)34-20-8-4-3-5-9-20/h3-15,23H,16-17H2,1-2H3,(H,27,30). The smallest absolute Gasteiger partial charge is 0.251 e. The van der Waals surface area contributed by atoms with Crippen molar-refractivity contribution in [2.45, 2.75) is 12.5 Å². The van der Waals surface area contributed by atoms with E-state index in [9.17, 15) is 14.4 Å². The third kappa shape index (κ3) is 5.24. The van der Waals surface area contributed by atoms with E-state index in [0.717, 1.165) is 4.90 Å². The lowest BCUT2D eigenvalue weighted by Gasteiger charge is -2.22. The number of imide groups is 1. The van der Waals surface area contributed by atoms with Gasteiger partial charge in [-0.1, -0.05) is 24.3 Å². The number of hydrogen-bond acceptors (Lipinski definition) is 6. The first kappa shape index (κ1) is 23.0. The van der Waals surface area contributed by atoms with E-state index in [1.807, 2.05) is 30.3 Å². The molecule has 0 aliphatic carbocycles. The third-order valence-corrected chi connectivity index (χ3v) is 5.48. The van der Waals surface area contributed by atoms with E-state index in [4.69, 9.17) is 9.47 Å². The van der Waals surface area contributed by atoms with Crippen molar-refractivity contribution in [3.8, 4) is 17.2 Å². The molecule has 4 rings (SSSR count). The first-order valence-electron chi connectivity index (χ1n) is 10.8. The number of methoxy groups -OCH3 is 1. The second-order valence-corrected chi connectivity index (χ2v) is 7.89. The highest BCUT2D eigenvalue weighted by Gasteiger charge is 2.42. The molecule has 1 saturated heterocycles. The fraction of sp³-hybridized carbons (Fsp3) is 0.192. The average molecular weight is 460 g/mol. The van der Waals surface area contributed by atoms with Crippen LogP contribution in [0.5, 0.6) is 17.2 Å². The van der Waals surface area contributed by atoms with Gasteiger partial charge in [0.15, 0.2) is 0 Å². The molecule has 174 valence electrons. The molecule has 1 fully saturated rings. The third-order valence-electron chi connectivity index (χ3n) is 5.48. The normalized spacial score (nSPS) is 15.5. The largest absolute Gasteiger partial charge is 0.497 e. The molecule has 0 saturated carbocycles. The molecule has 1 unspecified atom stereocenters. The Balaban J connectivity index is 1.38. The fourth-order valence-corrected chi connectivity index (χ4v) is 3.76. The maximum Gasteiger partial charge on any atom is 0.251 e. The number of likely N-dealkylation sites (N-methyl/N-ethyl adjacent to an activating group) is 1. The second kappa shape index (κ2) is 10.2. The molecule has 3 amide bonds. The lowest BCUT2D eigenvalue weighted by molar-refractivity contribution is -0.123. The number of ether oxygens (including phenoxy) is 2. The van der Waals surface area contributed by atoms with Crippen molar-refractivity contribution in [2.75, 3.05) is 30.9 Å². The van der Waals surface area contributed by atoms with Crippen LogP contribution in [0.4, 0.5) is 11.4 Å². The van der Waals surface area contributed by atoms with Crippen LogP contribution in [0.15, 0.2) is 78.9 Å². The van der Waals surface area contributed by atoms with Gasteiger partial charge in [-0.3, -0.25) is 19.3 Å². The molecule has 3 aromatic rings. The molecule has 3 aromatic carbocycles. The molecule has 1 aliphatic heterocycles. The van der Waals surface area contributed by atoms with Crippen LogP contribution in [-0.2, 0) is 14.4 Å².